The van der Waals surface area contributed by atoms with E-state index in [0.717, 1.165) is 23.0 Å². The van der Waals surface area contributed by atoms with Gasteiger partial charge in [0.2, 0.25) is 0 Å². The van der Waals surface area contributed by atoms with Crippen molar-refractivity contribution >= 4 is 28.9 Å². The highest BCUT2D eigenvalue weighted by Crippen LogP contribution is 2.38. The Morgan fingerprint density at radius 3 is 2.15 bits per heavy atom. The lowest BCUT2D eigenvalue weighted by Gasteiger charge is -2.38. The van der Waals surface area contributed by atoms with Crippen molar-refractivity contribution in [3.63, 3.8) is 0 Å². The summed E-state index contributed by atoms with van der Waals surface area (Å²) in [6, 6.07) is 14.9. The first-order valence-electron chi connectivity index (χ1n) is 12.3. The molecule has 2 aromatic carbocycles. The standard InChI is InChI=1S/C18H19Cl2N.C10H22N2/c1-13-5-10-16(17(20)12-13)18-4-2-3-11-21(18)15-8-6-14(19)7-9-15;1-10(2,3)9-12-7-5-11(4)6-8-12/h5-10,12,18H,2-4,11H2,1H3;5-9H2,1-4H3. The first-order chi connectivity index (χ1) is 15.6. The Balaban J connectivity index is 0.000000218. The molecule has 5 heteroatoms. The summed E-state index contributed by atoms with van der Waals surface area (Å²) in [7, 11) is 2.20. The van der Waals surface area contributed by atoms with Crippen molar-refractivity contribution in [3.05, 3.63) is 63.6 Å². The molecular formula is C28H41Cl2N3. The van der Waals surface area contributed by atoms with E-state index in [9.17, 15) is 0 Å². The highest BCUT2D eigenvalue weighted by molar-refractivity contribution is 6.31. The molecule has 0 N–H and O–H groups in total. The van der Waals surface area contributed by atoms with Crippen LogP contribution >= 0.6 is 23.2 Å². The highest BCUT2D eigenvalue weighted by atomic mass is 35.5. The minimum atomic E-state index is 0.355. The van der Waals surface area contributed by atoms with Crippen LogP contribution in [-0.2, 0) is 0 Å². The van der Waals surface area contributed by atoms with E-state index in [1.54, 1.807) is 0 Å². The zero-order valence-corrected chi connectivity index (χ0v) is 22.6. The molecule has 0 radical (unpaired) electrons. The minimum absolute atomic E-state index is 0.355. The number of piperazine rings is 1. The Hall–Kier alpha value is -1.26. The molecule has 2 aliphatic rings. The van der Waals surface area contributed by atoms with Crippen LogP contribution in [0.4, 0.5) is 5.69 Å². The molecule has 2 heterocycles. The number of rotatable bonds is 3. The maximum absolute atomic E-state index is 6.49. The Labute approximate surface area is 211 Å². The van der Waals surface area contributed by atoms with Crippen molar-refractivity contribution in [1.29, 1.82) is 0 Å². The second-order valence-corrected chi connectivity index (χ2v) is 11.7. The molecule has 0 aromatic heterocycles. The zero-order chi connectivity index (χ0) is 24.0. The number of halogens is 2. The van der Waals surface area contributed by atoms with Gasteiger partial charge in [-0.15, -0.1) is 0 Å². The molecule has 0 spiro atoms. The van der Waals surface area contributed by atoms with Gasteiger partial charge in [-0.25, -0.2) is 0 Å². The molecule has 2 saturated heterocycles. The first-order valence-corrected chi connectivity index (χ1v) is 13.1. The summed E-state index contributed by atoms with van der Waals surface area (Å²) < 4.78 is 0. The monoisotopic (exact) mass is 489 g/mol. The molecule has 33 heavy (non-hydrogen) atoms. The van der Waals surface area contributed by atoms with Crippen molar-refractivity contribution in [2.45, 2.75) is 53.0 Å². The fourth-order valence-electron chi connectivity index (χ4n) is 4.78. The van der Waals surface area contributed by atoms with E-state index in [2.05, 4.69) is 79.8 Å². The number of hydrogen-bond donors (Lipinski definition) is 0. The van der Waals surface area contributed by atoms with Crippen LogP contribution in [0.15, 0.2) is 42.5 Å². The van der Waals surface area contributed by atoms with Crippen LogP contribution in [-0.4, -0.2) is 56.1 Å². The summed E-state index contributed by atoms with van der Waals surface area (Å²) in [4.78, 5) is 7.43. The summed E-state index contributed by atoms with van der Waals surface area (Å²) in [6.45, 7) is 16.3. The third-order valence-electron chi connectivity index (χ3n) is 6.47. The van der Waals surface area contributed by atoms with Gasteiger partial charge in [-0.3, -0.25) is 0 Å². The largest absolute Gasteiger partial charge is 0.364 e. The van der Waals surface area contributed by atoms with Crippen LogP contribution in [0.1, 0.15) is 57.2 Å². The maximum Gasteiger partial charge on any atom is 0.0557 e. The summed E-state index contributed by atoms with van der Waals surface area (Å²) in [5, 5.41) is 1.65. The molecule has 0 bridgehead atoms. The van der Waals surface area contributed by atoms with Crippen LogP contribution in [0.2, 0.25) is 10.0 Å². The van der Waals surface area contributed by atoms with Gasteiger partial charge in [0, 0.05) is 55.0 Å². The minimum Gasteiger partial charge on any atom is -0.364 e. The van der Waals surface area contributed by atoms with Gasteiger partial charge in [-0.1, -0.05) is 56.1 Å². The topological polar surface area (TPSA) is 9.72 Å². The third-order valence-corrected chi connectivity index (χ3v) is 7.05. The summed E-state index contributed by atoms with van der Waals surface area (Å²) in [5.41, 5.74) is 4.12. The van der Waals surface area contributed by atoms with E-state index in [4.69, 9.17) is 23.2 Å². The van der Waals surface area contributed by atoms with E-state index < -0.39 is 0 Å². The third kappa shape index (κ3) is 8.17. The van der Waals surface area contributed by atoms with Crippen LogP contribution in [0, 0.1) is 12.3 Å². The van der Waals surface area contributed by atoms with E-state index >= 15 is 0 Å². The van der Waals surface area contributed by atoms with Crippen molar-refractivity contribution in [2.75, 3.05) is 51.2 Å². The lowest BCUT2D eigenvalue weighted by molar-refractivity contribution is 0.117. The first kappa shape index (κ1) is 26.3. The molecule has 4 rings (SSSR count). The summed E-state index contributed by atoms with van der Waals surface area (Å²) in [5.74, 6) is 0. The number of piperidine rings is 1. The van der Waals surface area contributed by atoms with Gasteiger partial charge in [0.25, 0.3) is 0 Å². The van der Waals surface area contributed by atoms with Gasteiger partial charge < -0.3 is 14.7 Å². The lowest BCUT2D eigenvalue weighted by atomic mass is 9.94. The average Bonchev–Trinajstić information content (AvgIpc) is 2.76. The number of benzene rings is 2. The molecule has 1 unspecified atom stereocenters. The van der Waals surface area contributed by atoms with Crippen LogP contribution < -0.4 is 4.90 Å². The second-order valence-electron chi connectivity index (χ2n) is 10.8. The second kappa shape index (κ2) is 11.9. The average molecular weight is 491 g/mol. The Bertz CT molecular complexity index is 868. The molecule has 2 aromatic rings. The van der Waals surface area contributed by atoms with Crippen molar-refractivity contribution in [1.82, 2.24) is 9.80 Å². The molecule has 0 aliphatic carbocycles. The molecule has 0 saturated carbocycles. The van der Waals surface area contributed by atoms with E-state index in [1.165, 1.54) is 62.4 Å². The SMILES string of the molecule is CN1CCN(CC(C)(C)C)CC1.Cc1ccc(C2CCCCN2c2ccc(Cl)cc2)c(Cl)c1. The number of anilines is 1. The number of likely N-dealkylation sites (N-methyl/N-ethyl adjacent to an activating group) is 1. The predicted molar refractivity (Wildman–Crippen MR) is 145 cm³/mol. The Morgan fingerprint density at radius 1 is 0.879 bits per heavy atom. The summed E-state index contributed by atoms with van der Waals surface area (Å²) in [6.07, 6.45) is 3.62. The molecule has 1 atom stereocenters. The van der Waals surface area contributed by atoms with Gasteiger partial charge in [-0.05, 0) is 80.1 Å². The predicted octanol–water partition coefficient (Wildman–Crippen LogP) is 7.31. The van der Waals surface area contributed by atoms with E-state index in [-0.39, 0.29) is 0 Å². The highest BCUT2D eigenvalue weighted by Gasteiger charge is 2.26. The molecule has 182 valence electrons. The van der Waals surface area contributed by atoms with Crippen molar-refractivity contribution < 1.29 is 0 Å². The molecular weight excluding hydrogens is 449 g/mol. The van der Waals surface area contributed by atoms with Crippen LogP contribution in [0.5, 0.6) is 0 Å². The van der Waals surface area contributed by atoms with Crippen LogP contribution in [0.3, 0.4) is 0 Å². The Morgan fingerprint density at radius 2 is 1.55 bits per heavy atom. The number of hydrogen-bond acceptors (Lipinski definition) is 3. The maximum atomic E-state index is 6.49. The van der Waals surface area contributed by atoms with Crippen LogP contribution in [0.25, 0.3) is 0 Å². The van der Waals surface area contributed by atoms with Gasteiger partial charge in [0.1, 0.15) is 0 Å². The quantitative estimate of drug-likeness (QED) is 0.447. The summed E-state index contributed by atoms with van der Waals surface area (Å²) >= 11 is 12.5. The van der Waals surface area contributed by atoms with Crippen molar-refractivity contribution in [2.24, 2.45) is 5.41 Å². The molecule has 3 nitrogen and oxygen atoms in total. The van der Waals surface area contributed by atoms with E-state index in [1.807, 2.05) is 12.1 Å². The smallest absolute Gasteiger partial charge is 0.0557 e. The molecule has 2 aliphatic heterocycles. The van der Waals surface area contributed by atoms with Gasteiger partial charge in [0.05, 0.1) is 6.04 Å². The zero-order valence-electron chi connectivity index (χ0n) is 21.1. The van der Waals surface area contributed by atoms with Gasteiger partial charge >= 0.3 is 0 Å². The van der Waals surface area contributed by atoms with Crippen molar-refractivity contribution in [3.8, 4) is 0 Å². The van der Waals surface area contributed by atoms with E-state index in [0.29, 0.717) is 11.5 Å². The fraction of sp³-hybridized carbons (Fsp3) is 0.571. The normalized spacial score (nSPS) is 20.3. The molecule has 0 amide bonds. The molecule has 2 fully saturated rings. The number of aryl methyl sites for hydroxylation is 1. The number of nitrogens with zero attached hydrogens (tertiary/aromatic N) is 3. The van der Waals surface area contributed by atoms with Gasteiger partial charge in [0.15, 0.2) is 0 Å². The van der Waals surface area contributed by atoms with Gasteiger partial charge in [-0.2, -0.15) is 0 Å². The lowest BCUT2D eigenvalue weighted by Crippen LogP contribution is -2.47. The Kier molecular flexibility index (Phi) is 9.52. The fourth-order valence-corrected chi connectivity index (χ4v) is 5.26.